The molecule has 0 radical (unpaired) electrons. The SMILES string of the molecule is C=C(C)[C@H](NC(=O)OC)C(=O)N1CC(C)=CC1c1ncc(-c2ccc(-c3ccc(-c4cnc([C@@H]5C=C(C)CN5C(=O)[C@@H](NC(=O)OC)C(C)C)[nH]4)c4c3C3(CCCC3)CC4)cc2)[nH]1. The lowest BCUT2D eigenvalue weighted by Gasteiger charge is -2.30. The summed E-state index contributed by atoms with van der Waals surface area (Å²) in [6.07, 6.45) is 13.3. The zero-order chi connectivity index (χ0) is 44.7. The maximum Gasteiger partial charge on any atom is 0.407 e. The number of aromatic nitrogens is 4. The number of aromatic amines is 2. The molecule has 4 atom stereocenters. The molecule has 14 heteroatoms. The van der Waals surface area contributed by atoms with Crippen LogP contribution in [0, 0.1) is 5.92 Å². The van der Waals surface area contributed by atoms with Gasteiger partial charge in [-0.2, -0.15) is 0 Å². The molecule has 2 aliphatic heterocycles. The van der Waals surface area contributed by atoms with E-state index in [2.05, 4.69) is 69.7 Å². The van der Waals surface area contributed by atoms with E-state index in [0.717, 1.165) is 52.1 Å². The number of fused-ring (bicyclic) bond motifs is 2. The van der Waals surface area contributed by atoms with Crippen LogP contribution in [0.2, 0.25) is 0 Å². The Morgan fingerprint density at radius 1 is 0.762 bits per heavy atom. The predicted molar refractivity (Wildman–Crippen MR) is 240 cm³/mol. The van der Waals surface area contributed by atoms with Crippen molar-refractivity contribution in [3.63, 3.8) is 0 Å². The Morgan fingerprint density at radius 3 is 1.89 bits per heavy atom. The van der Waals surface area contributed by atoms with Crippen LogP contribution in [0.5, 0.6) is 0 Å². The summed E-state index contributed by atoms with van der Waals surface area (Å²) < 4.78 is 9.59. The molecule has 14 nitrogen and oxygen atoms in total. The van der Waals surface area contributed by atoms with Crippen LogP contribution in [0.4, 0.5) is 9.59 Å². The monoisotopic (exact) mass is 854 g/mol. The molecule has 4 amide bonds. The van der Waals surface area contributed by atoms with E-state index >= 15 is 0 Å². The van der Waals surface area contributed by atoms with Crippen LogP contribution in [0.25, 0.3) is 33.6 Å². The second-order valence-corrected chi connectivity index (χ2v) is 18.1. The minimum Gasteiger partial charge on any atom is -0.453 e. The minimum absolute atomic E-state index is 0.124. The molecule has 4 aromatic rings. The summed E-state index contributed by atoms with van der Waals surface area (Å²) in [6, 6.07) is 10.6. The summed E-state index contributed by atoms with van der Waals surface area (Å²) >= 11 is 0. The van der Waals surface area contributed by atoms with Crippen molar-refractivity contribution in [1.82, 2.24) is 40.4 Å². The van der Waals surface area contributed by atoms with Crippen LogP contribution in [-0.2, 0) is 30.9 Å². The first-order valence-electron chi connectivity index (χ1n) is 21.9. The number of hydrogen-bond donors (Lipinski definition) is 4. The van der Waals surface area contributed by atoms with Gasteiger partial charge in [-0.3, -0.25) is 9.59 Å². The summed E-state index contributed by atoms with van der Waals surface area (Å²) in [6.45, 7) is 14.3. The van der Waals surface area contributed by atoms with E-state index in [9.17, 15) is 19.2 Å². The van der Waals surface area contributed by atoms with Gasteiger partial charge < -0.3 is 39.9 Å². The molecule has 8 rings (SSSR count). The molecule has 1 unspecified atom stereocenters. The third-order valence-electron chi connectivity index (χ3n) is 13.3. The zero-order valence-electron chi connectivity index (χ0n) is 37.3. The second kappa shape index (κ2) is 17.4. The highest BCUT2D eigenvalue weighted by Gasteiger charge is 2.44. The van der Waals surface area contributed by atoms with Crippen LogP contribution in [0.15, 0.2) is 84.2 Å². The molecular weight excluding hydrogens is 797 g/mol. The van der Waals surface area contributed by atoms with E-state index in [1.807, 2.05) is 40.0 Å². The Kier molecular flexibility index (Phi) is 11.9. The lowest BCUT2D eigenvalue weighted by molar-refractivity contribution is -0.135. The predicted octanol–water partition coefficient (Wildman–Crippen LogP) is 8.23. The highest BCUT2D eigenvalue weighted by molar-refractivity contribution is 5.90. The van der Waals surface area contributed by atoms with Gasteiger partial charge in [0.25, 0.3) is 5.91 Å². The number of rotatable bonds is 11. The first-order valence-corrected chi connectivity index (χ1v) is 21.9. The molecular formula is C49H58N8O6. The Bertz CT molecular complexity index is 2510. The maximum absolute atomic E-state index is 13.9. The van der Waals surface area contributed by atoms with Crippen molar-refractivity contribution in [3.8, 4) is 33.6 Å². The fourth-order valence-electron chi connectivity index (χ4n) is 10.2. The van der Waals surface area contributed by atoms with E-state index in [1.165, 1.54) is 56.6 Å². The van der Waals surface area contributed by atoms with Crippen LogP contribution in [-0.4, -0.2) is 93.1 Å². The van der Waals surface area contributed by atoms with Gasteiger partial charge in [-0.1, -0.05) is 93.0 Å². The van der Waals surface area contributed by atoms with Crippen LogP contribution >= 0.6 is 0 Å². The van der Waals surface area contributed by atoms with E-state index in [-0.39, 0.29) is 23.1 Å². The molecule has 2 aromatic heterocycles. The summed E-state index contributed by atoms with van der Waals surface area (Å²) in [5.74, 6) is 0.709. The number of amides is 4. The lowest BCUT2D eigenvalue weighted by Crippen LogP contribution is -2.51. The second-order valence-electron chi connectivity index (χ2n) is 18.1. The third-order valence-corrected chi connectivity index (χ3v) is 13.3. The van der Waals surface area contributed by atoms with Crippen molar-refractivity contribution in [2.24, 2.45) is 5.92 Å². The van der Waals surface area contributed by atoms with Gasteiger partial charge in [0.05, 0.1) is 38.0 Å². The number of methoxy groups -OCH3 is 2. The highest BCUT2D eigenvalue weighted by Crippen LogP contribution is 2.55. The smallest absolute Gasteiger partial charge is 0.407 e. The molecule has 4 aliphatic rings. The highest BCUT2D eigenvalue weighted by atomic mass is 16.5. The molecule has 4 heterocycles. The number of nitrogens with one attached hydrogen (secondary N) is 4. The molecule has 1 spiro atoms. The van der Waals surface area contributed by atoms with Crippen molar-refractivity contribution >= 4 is 24.0 Å². The molecule has 2 aliphatic carbocycles. The number of carbonyl (C=O) groups is 4. The number of imidazole rings is 2. The van der Waals surface area contributed by atoms with Crippen LogP contribution in [0.1, 0.15) is 102 Å². The number of benzene rings is 2. The van der Waals surface area contributed by atoms with E-state index in [1.54, 1.807) is 22.9 Å². The number of alkyl carbamates (subject to hydrolysis) is 2. The van der Waals surface area contributed by atoms with Crippen LogP contribution < -0.4 is 10.6 Å². The summed E-state index contributed by atoms with van der Waals surface area (Å²) in [7, 11) is 2.56. The molecule has 2 aromatic carbocycles. The van der Waals surface area contributed by atoms with Crippen molar-refractivity contribution in [1.29, 1.82) is 0 Å². The molecule has 0 saturated heterocycles. The van der Waals surface area contributed by atoms with Gasteiger partial charge in [0, 0.05) is 18.7 Å². The normalized spacial score (nSPS) is 19.7. The van der Waals surface area contributed by atoms with Crippen molar-refractivity contribution in [3.05, 3.63) is 107 Å². The van der Waals surface area contributed by atoms with Gasteiger partial charge in [0.2, 0.25) is 5.91 Å². The molecule has 1 fully saturated rings. The first-order chi connectivity index (χ1) is 30.2. The van der Waals surface area contributed by atoms with Crippen molar-refractivity contribution < 1.29 is 28.7 Å². The molecule has 1 saturated carbocycles. The fourth-order valence-corrected chi connectivity index (χ4v) is 10.2. The van der Waals surface area contributed by atoms with Gasteiger partial charge in [-0.05, 0) is 91.2 Å². The van der Waals surface area contributed by atoms with E-state index < -0.39 is 36.4 Å². The molecule has 0 bridgehead atoms. The summed E-state index contributed by atoms with van der Waals surface area (Å²) in [4.78, 5) is 72.1. The van der Waals surface area contributed by atoms with Gasteiger partial charge in [-0.15, -0.1) is 0 Å². The maximum atomic E-state index is 13.9. The fraction of sp³-hybridized carbons (Fsp3) is 0.429. The van der Waals surface area contributed by atoms with Crippen molar-refractivity contribution in [2.75, 3.05) is 27.3 Å². The van der Waals surface area contributed by atoms with Gasteiger partial charge in [0.1, 0.15) is 35.8 Å². The largest absolute Gasteiger partial charge is 0.453 e. The van der Waals surface area contributed by atoms with Gasteiger partial charge >= 0.3 is 12.2 Å². The quantitative estimate of drug-likeness (QED) is 0.109. The Labute approximate surface area is 368 Å². The topological polar surface area (TPSA) is 175 Å². The molecule has 330 valence electrons. The number of carbonyl (C=O) groups excluding carboxylic acids is 4. The Balaban J connectivity index is 1.06. The number of ether oxygens (including phenoxy) is 2. The van der Waals surface area contributed by atoms with E-state index in [4.69, 9.17) is 19.4 Å². The standard InChI is InChI=1S/C49H58N8O6/c1-27(2)41(54-47(60)62-7)45(58)56-25-29(5)21-38(56)43-50-23-36(52-43)32-13-11-31(12-14-32)33-15-16-34(35-17-20-49(40(33)35)18-9-10-19-49)37-24-51-44(53-37)39-22-30(6)26-57(39)46(59)42(28(3)4)55-48(61)63-8/h11-16,21-24,28,38-39,41-42H,1,9-10,17-20,25-26H2,2-8H3,(H,50,52)(H,51,53)(H,54,60)(H,55,61)/t38?,39-,41-,42-/m0/s1. The summed E-state index contributed by atoms with van der Waals surface area (Å²) in [5.41, 5.74) is 11.8. The summed E-state index contributed by atoms with van der Waals surface area (Å²) in [5, 5.41) is 5.35. The Hall–Kier alpha value is -6.44. The average Bonchev–Trinajstić information content (AvgIpc) is 4.14. The van der Waals surface area contributed by atoms with Crippen LogP contribution in [0.3, 0.4) is 0 Å². The van der Waals surface area contributed by atoms with Gasteiger partial charge in [-0.25, -0.2) is 19.6 Å². The lowest BCUT2D eigenvalue weighted by atomic mass is 9.76. The average molecular weight is 855 g/mol. The van der Waals surface area contributed by atoms with Crippen molar-refractivity contribution in [2.45, 2.75) is 103 Å². The Morgan fingerprint density at radius 2 is 1.30 bits per heavy atom. The minimum atomic E-state index is -0.930. The molecule has 4 N–H and O–H groups in total. The number of H-pyrrole nitrogens is 2. The first kappa shape index (κ1) is 43.2. The zero-order valence-corrected chi connectivity index (χ0v) is 37.3. The third kappa shape index (κ3) is 8.18. The van der Waals surface area contributed by atoms with E-state index in [0.29, 0.717) is 30.3 Å². The van der Waals surface area contributed by atoms with Gasteiger partial charge in [0.15, 0.2) is 0 Å². The number of hydrogen-bond acceptors (Lipinski definition) is 8. The number of nitrogens with zero attached hydrogens (tertiary/aromatic N) is 4. The molecule has 63 heavy (non-hydrogen) atoms.